The molecule has 1 unspecified atom stereocenters. The van der Waals surface area contributed by atoms with Crippen LogP contribution in [0.5, 0.6) is 5.75 Å². The summed E-state index contributed by atoms with van der Waals surface area (Å²) >= 11 is 0. The lowest BCUT2D eigenvalue weighted by molar-refractivity contribution is 0.408. The maximum absolute atomic E-state index is 5.67. The number of aryl methyl sites for hydroxylation is 6. The van der Waals surface area contributed by atoms with Crippen molar-refractivity contribution in [2.75, 3.05) is 7.11 Å². The van der Waals surface area contributed by atoms with Gasteiger partial charge in [0, 0.05) is 5.92 Å². The third-order valence-corrected chi connectivity index (χ3v) is 7.32. The van der Waals surface area contributed by atoms with E-state index in [-0.39, 0.29) is 5.92 Å². The minimum absolute atomic E-state index is 0.158. The lowest BCUT2D eigenvalue weighted by Gasteiger charge is -2.24. The quantitative estimate of drug-likeness (QED) is 0.259. The fourth-order valence-corrected chi connectivity index (χ4v) is 5.33. The first-order valence-electron chi connectivity index (χ1n) is 13.1. The standard InChI is InChI=1S/C33H36O.C2H6/c1-20-11-9-10-12-30(20)31-14-13-27(17-23(31)4)32(28-15-21(2)26(7)22(3)16-28)29-18-24(5)33(34-8)25(6)19-29;1-2/h9-19,32H,1-8H3;1-2H3. The number of rotatable bonds is 5. The Hall–Kier alpha value is -3.32. The first-order valence-corrected chi connectivity index (χ1v) is 13.1. The second-order valence-corrected chi connectivity index (χ2v) is 9.79. The Balaban J connectivity index is 0.00000176. The summed E-state index contributed by atoms with van der Waals surface area (Å²) in [5, 5.41) is 0. The van der Waals surface area contributed by atoms with E-state index in [0.29, 0.717) is 0 Å². The van der Waals surface area contributed by atoms with Gasteiger partial charge in [0.05, 0.1) is 7.11 Å². The highest BCUT2D eigenvalue weighted by Gasteiger charge is 2.21. The number of methoxy groups -OCH3 is 1. The van der Waals surface area contributed by atoms with Gasteiger partial charge < -0.3 is 4.74 Å². The predicted molar refractivity (Wildman–Crippen MR) is 157 cm³/mol. The van der Waals surface area contributed by atoms with Gasteiger partial charge in [-0.2, -0.15) is 0 Å². The van der Waals surface area contributed by atoms with Gasteiger partial charge in [-0.15, -0.1) is 0 Å². The summed E-state index contributed by atoms with van der Waals surface area (Å²) in [4.78, 5) is 0. The zero-order valence-electron chi connectivity index (χ0n) is 23.8. The molecule has 0 aliphatic heterocycles. The molecule has 0 fully saturated rings. The number of hydrogen-bond acceptors (Lipinski definition) is 1. The molecule has 0 bridgehead atoms. The normalized spacial score (nSPS) is 11.5. The molecule has 4 rings (SSSR count). The van der Waals surface area contributed by atoms with Crippen molar-refractivity contribution in [3.63, 3.8) is 0 Å². The van der Waals surface area contributed by atoms with Crippen LogP contribution in [0.15, 0.2) is 66.7 Å². The first kappa shape index (κ1) is 27.3. The van der Waals surface area contributed by atoms with Crippen molar-refractivity contribution < 1.29 is 4.74 Å². The van der Waals surface area contributed by atoms with Crippen LogP contribution in [0, 0.1) is 48.5 Å². The monoisotopic (exact) mass is 478 g/mol. The van der Waals surface area contributed by atoms with Crippen LogP contribution in [0.1, 0.15) is 75.4 Å². The van der Waals surface area contributed by atoms with Gasteiger partial charge >= 0.3 is 0 Å². The molecule has 0 aliphatic rings. The number of benzene rings is 4. The second kappa shape index (κ2) is 11.6. The largest absolute Gasteiger partial charge is 0.496 e. The Labute approximate surface area is 219 Å². The molecule has 0 saturated carbocycles. The van der Waals surface area contributed by atoms with Gasteiger partial charge in [0.1, 0.15) is 5.75 Å². The Morgan fingerprint density at radius 3 is 1.47 bits per heavy atom. The van der Waals surface area contributed by atoms with Gasteiger partial charge in [-0.05, 0) is 115 Å². The van der Waals surface area contributed by atoms with Crippen molar-refractivity contribution >= 4 is 0 Å². The minimum atomic E-state index is 0.158. The summed E-state index contributed by atoms with van der Waals surface area (Å²) in [6.45, 7) is 19.4. The lowest BCUT2D eigenvalue weighted by Crippen LogP contribution is -2.07. The van der Waals surface area contributed by atoms with Gasteiger partial charge in [0.15, 0.2) is 0 Å². The van der Waals surface area contributed by atoms with Crippen molar-refractivity contribution in [3.05, 3.63) is 122 Å². The second-order valence-electron chi connectivity index (χ2n) is 9.79. The van der Waals surface area contributed by atoms with Crippen LogP contribution in [-0.4, -0.2) is 7.11 Å². The molecule has 0 heterocycles. The molecule has 4 aromatic carbocycles. The fraction of sp³-hybridized carbons (Fsp3) is 0.314. The van der Waals surface area contributed by atoms with Crippen molar-refractivity contribution in [1.29, 1.82) is 0 Å². The van der Waals surface area contributed by atoms with Gasteiger partial charge in [-0.1, -0.05) is 80.6 Å². The highest BCUT2D eigenvalue weighted by atomic mass is 16.5. The molecule has 0 amide bonds. The van der Waals surface area contributed by atoms with Gasteiger partial charge in [-0.3, -0.25) is 0 Å². The summed E-state index contributed by atoms with van der Waals surface area (Å²) in [6.07, 6.45) is 0. The van der Waals surface area contributed by atoms with E-state index in [0.717, 1.165) is 5.75 Å². The topological polar surface area (TPSA) is 9.23 Å². The molecule has 0 spiro atoms. The molecule has 0 aromatic heterocycles. The van der Waals surface area contributed by atoms with E-state index in [1.54, 1.807) is 7.11 Å². The van der Waals surface area contributed by atoms with Crippen LogP contribution >= 0.6 is 0 Å². The minimum Gasteiger partial charge on any atom is -0.496 e. The molecule has 188 valence electrons. The van der Waals surface area contributed by atoms with Gasteiger partial charge in [-0.25, -0.2) is 0 Å². The molecular formula is C35H42O. The summed E-state index contributed by atoms with van der Waals surface area (Å²) in [6, 6.07) is 25.0. The Morgan fingerprint density at radius 1 is 0.500 bits per heavy atom. The SMILES string of the molecule is CC.COc1c(C)cc(C(c2ccc(-c3ccccc3C)c(C)c2)c2cc(C)c(C)c(C)c2)cc1C. The van der Waals surface area contributed by atoms with Crippen LogP contribution in [0.3, 0.4) is 0 Å². The molecule has 0 N–H and O–H groups in total. The van der Waals surface area contributed by atoms with E-state index in [1.807, 2.05) is 13.8 Å². The third-order valence-electron chi connectivity index (χ3n) is 7.32. The average Bonchev–Trinajstić information content (AvgIpc) is 2.84. The fourth-order valence-electron chi connectivity index (χ4n) is 5.33. The van der Waals surface area contributed by atoms with E-state index >= 15 is 0 Å². The number of hydrogen-bond donors (Lipinski definition) is 0. The zero-order chi connectivity index (χ0) is 26.6. The molecule has 0 saturated heterocycles. The highest BCUT2D eigenvalue weighted by molar-refractivity contribution is 5.71. The van der Waals surface area contributed by atoms with Crippen LogP contribution in [0.4, 0.5) is 0 Å². The third kappa shape index (κ3) is 5.41. The molecule has 1 atom stereocenters. The Morgan fingerprint density at radius 2 is 0.972 bits per heavy atom. The Kier molecular flexibility index (Phi) is 8.79. The van der Waals surface area contributed by atoms with E-state index in [9.17, 15) is 0 Å². The van der Waals surface area contributed by atoms with Crippen molar-refractivity contribution in [1.82, 2.24) is 0 Å². The van der Waals surface area contributed by atoms with Gasteiger partial charge in [0.2, 0.25) is 0 Å². The van der Waals surface area contributed by atoms with Crippen LogP contribution in [0.2, 0.25) is 0 Å². The van der Waals surface area contributed by atoms with E-state index in [1.165, 1.54) is 66.8 Å². The van der Waals surface area contributed by atoms with E-state index in [2.05, 4.69) is 115 Å². The van der Waals surface area contributed by atoms with Crippen LogP contribution in [-0.2, 0) is 0 Å². The van der Waals surface area contributed by atoms with Crippen molar-refractivity contribution in [2.45, 2.75) is 68.2 Å². The van der Waals surface area contributed by atoms with Crippen molar-refractivity contribution in [3.8, 4) is 16.9 Å². The van der Waals surface area contributed by atoms with E-state index < -0.39 is 0 Å². The van der Waals surface area contributed by atoms with E-state index in [4.69, 9.17) is 4.74 Å². The highest BCUT2D eigenvalue weighted by Crippen LogP contribution is 2.39. The Bertz CT molecular complexity index is 1310. The first-order chi connectivity index (χ1) is 17.2. The number of ether oxygens (including phenoxy) is 1. The molecule has 1 heteroatoms. The summed E-state index contributed by atoms with van der Waals surface area (Å²) in [7, 11) is 1.76. The summed E-state index contributed by atoms with van der Waals surface area (Å²) < 4.78 is 5.67. The zero-order valence-corrected chi connectivity index (χ0v) is 23.8. The molecular weight excluding hydrogens is 436 g/mol. The smallest absolute Gasteiger partial charge is 0.124 e. The maximum atomic E-state index is 5.67. The molecule has 0 aliphatic carbocycles. The molecule has 36 heavy (non-hydrogen) atoms. The van der Waals surface area contributed by atoms with Crippen LogP contribution < -0.4 is 4.74 Å². The predicted octanol–water partition coefficient (Wildman–Crippen LogP) is 9.73. The van der Waals surface area contributed by atoms with Gasteiger partial charge in [0.25, 0.3) is 0 Å². The molecule has 1 nitrogen and oxygen atoms in total. The van der Waals surface area contributed by atoms with Crippen LogP contribution in [0.25, 0.3) is 11.1 Å². The average molecular weight is 479 g/mol. The summed E-state index contributed by atoms with van der Waals surface area (Å²) in [5.74, 6) is 1.13. The maximum Gasteiger partial charge on any atom is 0.124 e. The molecule has 0 radical (unpaired) electrons. The van der Waals surface area contributed by atoms with Crippen molar-refractivity contribution in [2.24, 2.45) is 0 Å². The lowest BCUT2D eigenvalue weighted by atomic mass is 9.80. The summed E-state index contributed by atoms with van der Waals surface area (Å²) in [5.41, 5.74) is 15.6. The molecule has 4 aromatic rings.